The minimum Gasteiger partial charge on any atom is -0.853 e. The Morgan fingerprint density at radius 3 is 1.56 bits per heavy atom. The van der Waals surface area contributed by atoms with Crippen molar-refractivity contribution in [3.63, 3.8) is 0 Å². The summed E-state index contributed by atoms with van der Waals surface area (Å²) in [6.07, 6.45) is 4.34. The summed E-state index contributed by atoms with van der Waals surface area (Å²) in [5, 5.41) is 9.73. The van der Waals surface area contributed by atoms with E-state index in [0.717, 1.165) is 58.1 Å². The largest absolute Gasteiger partial charge is 1.00 e. The van der Waals surface area contributed by atoms with Gasteiger partial charge in [-0.25, -0.2) is 0 Å². The monoisotopic (exact) mass is 692 g/mol. The topological polar surface area (TPSA) is 132 Å². The third kappa shape index (κ3) is 42.4. The second-order valence-electron chi connectivity index (χ2n) is 10.2. The summed E-state index contributed by atoms with van der Waals surface area (Å²) in [5.74, 6) is 0. The van der Waals surface area contributed by atoms with Crippen molar-refractivity contribution >= 4 is 10.1 Å². The van der Waals surface area contributed by atoms with Crippen LogP contribution in [0, 0.1) is 6.92 Å². The molecule has 0 atom stereocenters. The first kappa shape index (κ1) is 49.8. The van der Waals surface area contributed by atoms with E-state index in [9.17, 15) is 13.5 Å². The Bertz CT molecular complexity index is 797. The summed E-state index contributed by atoms with van der Waals surface area (Å²) in [4.78, 5) is 4.36. The maximum atomic E-state index is 11.8. The van der Waals surface area contributed by atoms with Gasteiger partial charge in [0.1, 0.15) is 0 Å². The molecule has 12 nitrogen and oxygen atoms in total. The molecule has 0 saturated carbocycles. The maximum absolute atomic E-state index is 11.8. The number of benzene rings is 1. The molecule has 0 N–H and O–H groups in total. The van der Waals surface area contributed by atoms with Gasteiger partial charge in [0.25, 0.3) is 10.1 Å². The molecule has 3 rings (SSSR count). The van der Waals surface area contributed by atoms with Gasteiger partial charge < -0.3 is 43.3 Å². The van der Waals surface area contributed by atoms with Gasteiger partial charge in [-0.1, -0.05) is 17.7 Å². The first-order chi connectivity index (χ1) is 21.1. The molecule has 0 aromatic heterocycles. The van der Waals surface area contributed by atoms with Crippen LogP contribution < -0.4 is 56.5 Å². The predicted molar refractivity (Wildman–Crippen MR) is 172 cm³/mol. The van der Waals surface area contributed by atoms with E-state index in [1.165, 1.54) is 12.8 Å². The molecular formula is C31H61KN2O10S. The fourth-order valence-corrected chi connectivity index (χ4v) is 3.81. The van der Waals surface area contributed by atoms with E-state index < -0.39 is 10.1 Å². The van der Waals surface area contributed by atoms with Crippen LogP contribution >= 0.6 is 0 Å². The zero-order valence-electron chi connectivity index (χ0n) is 29.4. The SMILES string of the molecule is C1CCOC1.C1CO1.COCCOCCCN(C)C.COCCOCC[O-].Cc1ccc(S(=O)(=O)OCCCN(C)C)cc1.[K+]. The summed E-state index contributed by atoms with van der Waals surface area (Å²) >= 11 is 0. The van der Waals surface area contributed by atoms with Gasteiger partial charge in [-0.2, -0.15) is 8.42 Å². The van der Waals surface area contributed by atoms with Gasteiger partial charge in [0, 0.05) is 40.6 Å². The van der Waals surface area contributed by atoms with Crippen LogP contribution in [0.2, 0.25) is 0 Å². The number of ether oxygens (including phenoxy) is 6. The van der Waals surface area contributed by atoms with Gasteiger partial charge in [0.05, 0.1) is 51.1 Å². The number of rotatable bonds is 18. The van der Waals surface area contributed by atoms with E-state index in [-0.39, 0.29) is 69.5 Å². The van der Waals surface area contributed by atoms with Crippen LogP contribution in [0.25, 0.3) is 0 Å². The van der Waals surface area contributed by atoms with Gasteiger partial charge in [0.15, 0.2) is 0 Å². The average Bonchev–Trinajstić information content (AvgIpc) is 3.76. The van der Waals surface area contributed by atoms with Crippen molar-refractivity contribution in [3.05, 3.63) is 29.8 Å². The third-order valence-electron chi connectivity index (χ3n) is 5.31. The molecule has 262 valence electrons. The molecule has 2 heterocycles. The van der Waals surface area contributed by atoms with Gasteiger partial charge >= 0.3 is 51.4 Å². The van der Waals surface area contributed by atoms with Gasteiger partial charge in [-0.3, -0.25) is 4.18 Å². The number of epoxide rings is 1. The standard InChI is InChI=1S/C12H19NO3S.C8H19NO2.C5H11O3.C4H8O.C2H4O.K/c1-11-5-7-12(8-6-11)17(14,15)16-10-4-9-13(2)3;1-9(2)5-4-6-11-8-7-10-3;1-7-4-5-8-3-2-6;1-2-4-5-3-1;1-2-3-1;/h5-8H,4,9-10H2,1-3H3;4-8H2,1-3H3;2-5H2,1H3;1-4H2;1-2H2;/q;;-1;;;+1. The van der Waals surface area contributed by atoms with E-state index in [1.807, 2.05) is 25.9 Å². The first-order valence-electron chi connectivity index (χ1n) is 15.2. The average molecular weight is 693 g/mol. The number of hydrogen-bond donors (Lipinski definition) is 0. The van der Waals surface area contributed by atoms with E-state index >= 15 is 0 Å². The summed E-state index contributed by atoms with van der Waals surface area (Å²) in [5.41, 5.74) is 1.02. The minimum absolute atomic E-state index is 0. The summed E-state index contributed by atoms with van der Waals surface area (Å²) < 4.78 is 57.5. The Balaban J connectivity index is -0.000000540. The van der Waals surface area contributed by atoms with Crippen LogP contribution in [0.15, 0.2) is 29.2 Å². The van der Waals surface area contributed by atoms with Crippen LogP contribution in [-0.4, -0.2) is 153 Å². The van der Waals surface area contributed by atoms with Crippen LogP contribution in [0.3, 0.4) is 0 Å². The van der Waals surface area contributed by atoms with E-state index in [1.54, 1.807) is 38.5 Å². The zero-order chi connectivity index (χ0) is 33.3. The normalized spacial score (nSPS) is 13.2. The molecule has 2 aliphatic heterocycles. The van der Waals surface area contributed by atoms with Crippen molar-refractivity contribution in [3.8, 4) is 0 Å². The molecule has 0 aliphatic carbocycles. The van der Waals surface area contributed by atoms with Crippen LogP contribution in [0.1, 0.15) is 31.2 Å². The third-order valence-corrected chi connectivity index (χ3v) is 6.64. The summed E-state index contributed by atoms with van der Waals surface area (Å²) in [6.45, 7) is 11.5. The molecule has 2 saturated heterocycles. The smallest absolute Gasteiger partial charge is 0.853 e. The molecule has 0 bridgehead atoms. The predicted octanol–water partition coefficient (Wildman–Crippen LogP) is -0.920. The second kappa shape index (κ2) is 37.2. The van der Waals surface area contributed by atoms with Crippen molar-refractivity contribution < 1.29 is 97.5 Å². The molecule has 45 heavy (non-hydrogen) atoms. The van der Waals surface area contributed by atoms with Gasteiger partial charge in [0.2, 0.25) is 0 Å². The fraction of sp³-hybridized carbons (Fsp3) is 0.806. The first-order valence-corrected chi connectivity index (χ1v) is 16.6. The molecule has 1 aromatic rings. The Morgan fingerprint density at radius 1 is 0.711 bits per heavy atom. The minimum atomic E-state index is -3.59. The molecule has 0 unspecified atom stereocenters. The van der Waals surface area contributed by atoms with E-state index in [0.29, 0.717) is 39.5 Å². The van der Waals surface area contributed by atoms with Gasteiger partial charge in [-0.05, 0) is 86.0 Å². The number of aryl methyl sites for hydroxylation is 1. The van der Waals surface area contributed by atoms with Gasteiger partial charge in [-0.15, -0.1) is 6.61 Å². The fourth-order valence-electron chi connectivity index (χ4n) is 2.86. The van der Waals surface area contributed by atoms with Crippen molar-refractivity contribution in [1.29, 1.82) is 0 Å². The summed E-state index contributed by atoms with van der Waals surface area (Å²) in [7, 11) is 7.70. The molecule has 0 spiro atoms. The van der Waals surface area contributed by atoms with Crippen molar-refractivity contribution in [2.45, 2.75) is 37.5 Å². The Morgan fingerprint density at radius 2 is 1.18 bits per heavy atom. The maximum Gasteiger partial charge on any atom is 1.00 e. The summed E-state index contributed by atoms with van der Waals surface area (Å²) in [6, 6.07) is 6.65. The Hall–Kier alpha value is 0.406. The van der Waals surface area contributed by atoms with Crippen LogP contribution in [0.5, 0.6) is 0 Å². The Kier molecular flexibility index (Phi) is 41.2. The van der Waals surface area contributed by atoms with E-state index in [4.69, 9.17) is 23.1 Å². The van der Waals surface area contributed by atoms with Crippen molar-refractivity contribution in [2.24, 2.45) is 0 Å². The van der Waals surface area contributed by atoms with Crippen molar-refractivity contribution in [2.75, 3.05) is 135 Å². The zero-order valence-corrected chi connectivity index (χ0v) is 33.4. The number of hydrogen-bond acceptors (Lipinski definition) is 12. The molecule has 0 radical (unpaired) electrons. The van der Waals surface area contributed by atoms with E-state index in [2.05, 4.69) is 28.5 Å². The molecule has 2 aliphatic rings. The molecular weight excluding hydrogens is 632 g/mol. The van der Waals surface area contributed by atoms with Crippen LogP contribution in [-0.2, 0) is 42.7 Å². The van der Waals surface area contributed by atoms with Crippen molar-refractivity contribution in [1.82, 2.24) is 9.80 Å². The molecule has 0 amide bonds. The molecule has 14 heteroatoms. The molecule has 1 aromatic carbocycles. The number of methoxy groups -OCH3 is 2. The Labute approximate surface area is 316 Å². The quantitative estimate of drug-likeness (QED) is 0.0817. The molecule has 2 fully saturated rings. The number of nitrogens with zero attached hydrogens (tertiary/aromatic N) is 2. The van der Waals surface area contributed by atoms with Crippen LogP contribution in [0.4, 0.5) is 0 Å². The second-order valence-corrected chi connectivity index (χ2v) is 11.9.